The van der Waals surface area contributed by atoms with Gasteiger partial charge in [-0.1, -0.05) is 17.7 Å². The maximum atomic E-state index is 12.6. The molecule has 1 aliphatic rings. The van der Waals surface area contributed by atoms with Gasteiger partial charge in [-0.2, -0.15) is 0 Å². The van der Waals surface area contributed by atoms with Crippen molar-refractivity contribution in [2.75, 3.05) is 5.32 Å². The van der Waals surface area contributed by atoms with Crippen LogP contribution in [0.4, 0.5) is 5.69 Å². The highest BCUT2D eigenvalue weighted by Crippen LogP contribution is 2.30. The van der Waals surface area contributed by atoms with E-state index in [1.807, 2.05) is 0 Å². The zero-order valence-electron chi connectivity index (χ0n) is 14.8. The van der Waals surface area contributed by atoms with Crippen molar-refractivity contribution in [3.63, 3.8) is 0 Å². The Labute approximate surface area is 151 Å². The Kier molecular flexibility index (Phi) is 3.99. The second-order valence-corrected chi connectivity index (χ2v) is 6.97. The molecule has 0 spiro atoms. The minimum absolute atomic E-state index is 0.0816. The summed E-state index contributed by atoms with van der Waals surface area (Å²) >= 11 is 0. The predicted octanol–water partition coefficient (Wildman–Crippen LogP) is 3.33. The molecule has 0 fully saturated rings. The van der Waals surface area contributed by atoms with Gasteiger partial charge in [0, 0.05) is 47.2 Å². The Morgan fingerprint density at radius 2 is 1.96 bits per heavy atom. The van der Waals surface area contributed by atoms with Crippen molar-refractivity contribution in [2.24, 2.45) is 0 Å². The number of aryl methyl sites for hydroxylation is 1. The third-order valence-electron chi connectivity index (χ3n) is 4.83. The Bertz CT molecular complexity index is 1020. The van der Waals surface area contributed by atoms with E-state index < -0.39 is 0 Å². The molecule has 0 saturated carbocycles. The molecule has 5 heteroatoms. The van der Waals surface area contributed by atoms with Crippen LogP contribution in [0.2, 0.25) is 0 Å². The maximum Gasteiger partial charge on any atom is 0.251 e. The van der Waals surface area contributed by atoms with Crippen LogP contribution >= 0.6 is 0 Å². The number of carbonyl (C=O) groups is 2. The van der Waals surface area contributed by atoms with E-state index in [4.69, 9.17) is 0 Å². The van der Waals surface area contributed by atoms with E-state index in [1.165, 1.54) is 29.1 Å². The number of aromatic amines is 1. The van der Waals surface area contributed by atoms with Crippen LogP contribution in [-0.2, 0) is 17.6 Å². The lowest BCUT2D eigenvalue weighted by molar-refractivity contribution is -0.114. The van der Waals surface area contributed by atoms with Crippen molar-refractivity contribution in [3.05, 3.63) is 64.8 Å². The molecule has 1 unspecified atom stereocenters. The van der Waals surface area contributed by atoms with Crippen LogP contribution < -0.4 is 10.6 Å². The first kappa shape index (κ1) is 16.4. The Balaban J connectivity index is 1.49. The van der Waals surface area contributed by atoms with Gasteiger partial charge in [0.1, 0.15) is 0 Å². The molecule has 3 aromatic rings. The second kappa shape index (κ2) is 6.33. The molecule has 2 amide bonds. The van der Waals surface area contributed by atoms with Crippen molar-refractivity contribution in [2.45, 2.75) is 32.7 Å². The maximum absolute atomic E-state index is 12.6. The summed E-state index contributed by atoms with van der Waals surface area (Å²) in [6, 6.07) is 13.5. The van der Waals surface area contributed by atoms with E-state index >= 15 is 0 Å². The standard InChI is InChI=1S/C21H21N3O2/c1-12-6-7-19-17(8-12)18-10-16(11-20(18)24-19)23-21(26)14-4-3-5-15(9-14)22-13(2)25/h3-9,16,24H,10-11H2,1-2H3,(H,22,25)(H,23,26). The fraction of sp³-hybridized carbons (Fsp3) is 0.238. The van der Waals surface area contributed by atoms with Gasteiger partial charge >= 0.3 is 0 Å². The summed E-state index contributed by atoms with van der Waals surface area (Å²) in [6.07, 6.45) is 1.64. The SMILES string of the molecule is CC(=O)Nc1cccc(C(=O)NC2Cc3[nH]c4ccc(C)cc4c3C2)c1. The highest BCUT2D eigenvalue weighted by molar-refractivity contribution is 5.97. The zero-order chi connectivity index (χ0) is 18.3. The lowest BCUT2D eigenvalue weighted by Crippen LogP contribution is -2.35. The Morgan fingerprint density at radius 3 is 2.77 bits per heavy atom. The summed E-state index contributed by atoms with van der Waals surface area (Å²) in [5.41, 5.74) is 6.09. The molecular formula is C21H21N3O2. The Hall–Kier alpha value is -3.08. The van der Waals surface area contributed by atoms with Gasteiger partial charge in [0.05, 0.1) is 0 Å². The summed E-state index contributed by atoms with van der Waals surface area (Å²) in [4.78, 5) is 27.3. The van der Waals surface area contributed by atoms with E-state index in [0.29, 0.717) is 11.3 Å². The first-order chi connectivity index (χ1) is 12.5. The van der Waals surface area contributed by atoms with Crippen LogP contribution in [0.1, 0.15) is 34.1 Å². The van der Waals surface area contributed by atoms with E-state index in [1.54, 1.807) is 24.3 Å². The smallest absolute Gasteiger partial charge is 0.251 e. The van der Waals surface area contributed by atoms with E-state index in [2.05, 4.69) is 40.7 Å². The molecule has 0 bridgehead atoms. The normalized spacial score (nSPS) is 15.7. The van der Waals surface area contributed by atoms with Crippen LogP contribution in [0.25, 0.3) is 10.9 Å². The van der Waals surface area contributed by atoms with Gasteiger partial charge in [-0.25, -0.2) is 0 Å². The highest BCUT2D eigenvalue weighted by atomic mass is 16.2. The Morgan fingerprint density at radius 1 is 1.12 bits per heavy atom. The summed E-state index contributed by atoms with van der Waals surface area (Å²) in [7, 11) is 0. The molecule has 5 nitrogen and oxygen atoms in total. The molecule has 0 radical (unpaired) electrons. The third kappa shape index (κ3) is 3.08. The molecule has 1 aromatic heterocycles. The fourth-order valence-electron chi connectivity index (χ4n) is 3.70. The number of nitrogens with one attached hydrogen (secondary N) is 3. The van der Waals surface area contributed by atoms with Crippen molar-refractivity contribution in [1.82, 2.24) is 10.3 Å². The van der Waals surface area contributed by atoms with Crippen LogP contribution in [-0.4, -0.2) is 22.8 Å². The number of anilines is 1. The lowest BCUT2D eigenvalue weighted by Gasteiger charge is -2.13. The first-order valence-corrected chi connectivity index (χ1v) is 8.78. The van der Waals surface area contributed by atoms with Crippen molar-refractivity contribution in [3.8, 4) is 0 Å². The van der Waals surface area contributed by atoms with Gasteiger partial charge in [0.15, 0.2) is 0 Å². The topological polar surface area (TPSA) is 74.0 Å². The summed E-state index contributed by atoms with van der Waals surface area (Å²) in [5, 5.41) is 7.08. The number of carbonyl (C=O) groups excluding carboxylic acids is 2. The van der Waals surface area contributed by atoms with Gasteiger partial charge in [0.25, 0.3) is 5.91 Å². The van der Waals surface area contributed by atoms with Gasteiger partial charge in [-0.15, -0.1) is 0 Å². The van der Waals surface area contributed by atoms with Gasteiger partial charge in [0.2, 0.25) is 5.91 Å². The third-order valence-corrected chi connectivity index (χ3v) is 4.83. The number of hydrogen-bond donors (Lipinski definition) is 3. The van der Waals surface area contributed by atoms with Gasteiger partial charge in [-0.3, -0.25) is 9.59 Å². The molecular weight excluding hydrogens is 326 g/mol. The van der Waals surface area contributed by atoms with E-state index in [0.717, 1.165) is 18.4 Å². The number of fused-ring (bicyclic) bond motifs is 3. The molecule has 0 saturated heterocycles. The molecule has 0 aliphatic heterocycles. The number of rotatable bonds is 3. The first-order valence-electron chi connectivity index (χ1n) is 8.78. The van der Waals surface area contributed by atoms with Crippen LogP contribution in [0.3, 0.4) is 0 Å². The van der Waals surface area contributed by atoms with Crippen molar-refractivity contribution >= 4 is 28.4 Å². The summed E-state index contributed by atoms with van der Waals surface area (Å²) in [5.74, 6) is -0.271. The molecule has 4 rings (SSSR count). The largest absolute Gasteiger partial charge is 0.358 e. The second-order valence-electron chi connectivity index (χ2n) is 6.97. The number of hydrogen-bond acceptors (Lipinski definition) is 2. The highest BCUT2D eigenvalue weighted by Gasteiger charge is 2.27. The molecule has 1 heterocycles. The van der Waals surface area contributed by atoms with Gasteiger partial charge in [-0.05, 0) is 49.2 Å². The number of benzene rings is 2. The quantitative estimate of drug-likeness (QED) is 0.680. The molecule has 26 heavy (non-hydrogen) atoms. The molecule has 1 atom stereocenters. The fourth-order valence-corrected chi connectivity index (χ4v) is 3.70. The molecule has 1 aliphatic carbocycles. The predicted molar refractivity (Wildman–Crippen MR) is 102 cm³/mol. The van der Waals surface area contributed by atoms with Crippen LogP contribution in [0, 0.1) is 6.92 Å². The number of aromatic nitrogens is 1. The van der Waals surface area contributed by atoms with Crippen LogP contribution in [0.5, 0.6) is 0 Å². The molecule has 132 valence electrons. The monoisotopic (exact) mass is 347 g/mol. The van der Waals surface area contributed by atoms with E-state index in [-0.39, 0.29) is 17.9 Å². The average Bonchev–Trinajstić information content (AvgIpc) is 3.12. The zero-order valence-corrected chi connectivity index (χ0v) is 14.8. The lowest BCUT2D eigenvalue weighted by atomic mass is 10.1. The van der Waals surface area contributed by atoms with Crippen molar-refractivity contribution < 1.29 is 9.59 Å². The minimum Gasteiger partial charge on any atom is -0.358 e. The summed E-state index contributed by atoms with van der Waals surface area (Å²) < 4.78 is 0. The average molecular weight is 347 g/mol. The summed E-state index contributed by atoms with van der Waals surface area (Å²) in [6.45, 7) is 3.54. The van der Waals surface area contributed by atoms with Gasteiger partial charge < -0.3 is 15.6 Å². The van der Waals surface area contributed by atoms with Crippen LogP contribution in [0.15, 0.2) is 42.5 Å². The van der Waals surface area contributed by atoms with E-state index in [9.17, 15) is 9.59 Å². The number of amides is 2. The molecule has 2 aromatic carbocycles. The number of H-pyrrole nitrogens is 1. The minimum atomic E-state index is -0.154. The van der Waals surface area contributed by atoms with Crippen molar-refractivity contribution in [1.29, 1.82) is 0 Å². The molecule has 3 N–H and O–H groups in total.